The molecule has 1 aliphatic rings. The molecule has 6 nitrogen and oxygen atoms in total. The third-order valence-corrected chi connectivity index (χ3v) is 8.36. The van der Waals surface area contributed by atoms with E-state index in [4.69, 9.17) is 9.47 Å². The van der Waals surface area contributed by atoms with Gasteiger partial charge in [-0.15, -0.1) is 5.10 Å². The summed E-state index contributed by atoms with van der Waals surface area (Å²) in [7, 11) is 0. The lowest BCUT2D eigenvalue weighted by molar-refractivity contribution is 0.0774. The minimum atomic E-state index is -0.688. The zero-order chi connectivity index (χ0) is 29.0. The van der Waals surface area contributed by atoms with E-state index in [-0.39, 0.29) is 0 Å². The molecule has 0 aliphatic carbocycles. The number of unbranched alkanes of at least 4 members (excludes halogenated alkanes) is 11. The highest BCUT2D eigenvalue weighted by molar-refractivity contribution is 5.88. The van der Waals surface area contributed by atoms with Gasteiger partial charge in [-0.25, -0.2) is 4.79 Å². The zero-order valence-electron chi connectivity index (χ0n) is 26.1. The standard InChI is InChI=1S/C34H58N2O4/c1-5-9-11-12-13-14-15-16-17-18-19-22-29(8-4)30-23-20-24-31(33(30)37)36-26-25-32(35-36)40-34(38)39-27-28(7-3)21-10-6-2/h20,23-24,28-29,37H,5-19,21-22,25-27H2,1-4H3. The number of aromatic hydroxyl groups is 1. The summed E-state index contributed by atoms with van der Waals surface area (Å²) in [4.78, 5) is 12.2. The molecule has 1 heterocycles. The molecule has 0 amide bonds. The van der Waals surface area contributed by atoms with Crippen molar-refractivity contribution in [3.8, 4) is 5.75 Å². The van der Waals surface area contributed by atoms with Crippen LogP contribution in [0, 0.1) is 5.92 Å². The summed E-state index contributed by atoms with van der Waals surface area (Å²) in [5.41, 5.74) is 1.67. The van der Waals surface area contributed by atoms with Crippen LogP contribution in [0.2, 0.25) is 0 Å². The molecular formula is C34H58N2O4. The third-order valence-electron chi connectivity index (χ3n) is 8.36. The van der Waals surface area contributed by atoms with E-state index in [0.717, 1.165) is 44.1 Å². The normalized spacial score (nSPS) is 14.7. The van der Waals surface area contributed by atoms with Crippen molar-refractivity contribution in [1.29, 1.82) is 0 Å². The van der Waals surface area contributed by atoms with Crippen LogP contribution in [0.15, 0.2) is 23.3 Å². The number of ether oxygens (including phenoxy) is 2. The minimum Gasteiger partial charge on any atom is -0.505 e. The molecule has 2 unspecified atom stereocenters. The van der Waals surface area contributed by atoms with Crippen LogP contribution in [-0.4, -0.2) is 30.3 Å². The highest BCUT2D eigenvalue weighted by Crippen LogP contribution is 2.39. The number of phenols is 1. The molecule has 1 N–H and O–H groups in total. The number of carbonyl (C=O) groups excluding carboxylic acids is 1. The summed E-state index contributed by atoms with van der Waals surface area (Å²) in [6.45, 7) is 9.70. The molecule has 0 saturated carbocycles. The SMILES string of the molecule is CCCCCCCCCCCCCC(CC)c1cccc(N2CCC(OC(=O)OCC(CC)CCCC)=N2)c1O. The molecule has 0 saturated heterocycles. The van der Waals surface area contributed by atoms with Gasteiger partial charge in [0.25, 0.3) is 0 Å². The van der Waals surface area contributed by atoms with Crippen molar-refractivity contribution >= 4 is 17.7 Å². The quantitative estimate of drug-likeness (QED) is 0.120. The van der Waals surface area contributed by atoms with Crippen molar-refractivity contribution in [3.05, 3.63) is 23.8 Å². The summed E-state index contributed by atoms with van der Waals surface area (Å²) >= 11 is 0. The van der Waals surface area contributed by atoms with E-state index in [9.17, 15) is 9.90 Å². The number of hydrazone groups is 1. The average molecular weight is 559 g/mol. The van der Waals surface area contributed by atoms with Gasteiger partial charge in [0.1, 0.15) is 11.4 Å². The number of anilines is 1. The van der Waals surface area contributed by atoms with Crippen LogP contribution >= 0.6 is 0 Å². The molecule has 6 heteroatoms. The van der Waals surface area contributed by atoms with Crippen LogP contribution in [0.25, 0.3) is 0 Å². The van der Waals surface area contributed by atoms with Crippen LogP contribution in [-0.2, 0) is 9.47 Å². The second-order valence-corrected chi connectivity index (χ2v) is 11.6. The topological polar surface area (TPSA) is 71.4 Å². The molecule has 0 bridgehead atoms. The predicted octanol–water partition coefficient (Wildman–Crippen LogP) is 10.5. The Bertz CT molecular complexity index is 856. The van der Waals surface area contributed by atoms with Crippen molar-refractivity contribution in [3.63, 3.8) is 0 Å². The monoisotopic (exact) mass is 558 g/mol. The van der Waals surface area contributed by atoms with Gasteiger partial charge in [-0.1, -0.05) is 130 Å². The Morgan fingerprint density at radius 3 is 2.15 bits per heavy atom. The van der Waals surface area contributed by atoms with Gasteiger partial charge >= 0.3 is 6.16 Å². The average Bonchev–Trinajstić information content (AvgIpc) is 3.42. The van der Waals surface area contributed by atoms with Gasteiger partial charge in [-0.2, -0.15) is 0 Å². The van der Waals surface area contributed by atoms with Crippen LogP contribution in [0.5, 0.6) is 5.75 Å². The first kappa shape index (κ1) is 34.0. The molecule has 2 rings (SSSR count). The number of hydrogen-bond acceptors (Lipinski definition) is 6. The maximum absolute atomic E-state index is 12.2. The minimum absolute atomic E-state index is 0.298. The number of carbonyl (C=O) groups is 1. The number of rotatable bonds is 21. The Balaban J connectivity index is 1.79. The lowest BCUT2D eigenvalue weighted by Crippen LogP contribution is -2.17. The fourth-order valence-electron chi connectivity index (χ4n) is 5.61. The molecule has 0 fully saturated rings. The first-order valence-electron chi connectivity index (χ1n) is 16.5. The van der Waals surface area contributed by atoms with Gasteiger partial charge in [0.05, 0.1) is 13.2 Å². The lowest BCUT2D eigenvalue weighted by atomic mass is 9.89. The maximum atomic E-state index is 12.2. The van der Waals surface area contributed by atoms with Gasteiger partial charge < -0.3 is 14.6 Å². The molecule has 1 aromatic carbocycles. The van der Waals surface area contributed by atoms with Gasteiger partial charge in [0.15, 0.2) is 0 Å². The van der Waals surface area contributed by atoms with Gasteiger partial charge in [-0.05, 0) is 42.7 Å². The van der Waals surface area contributed by atoms with Crippen molar-refractivity contribution in [2.75, 3.05) is 18.2 Å². The van der Waals surface area contributed by atoms with Crippen LogP contribution in [0.1, 0.15) is 155 Å². The second-order valence-electron chi connectivity index (χ2n) is 11.6. The second kappa shape index (κ2) is 20.6. The molecule has 0 aromatic heterocycles. The lowest BCUT2D eigenvalue weighted by Gasteiger charge is -2.21. The summed E-state index contributed by atoms with van der Waals surface area (Å²) in [5.74, 6) is 1.33. The molecule has 0 radical (unpaired) electrons. The van der Waals surface area contributed by atoms with Crippen LogP contribution in [0.3, 0.4) is 0 Å². The molecular weight excluding hydrogens is 500 g/mol. The Morgan fingerprint density at radius 2 is 1.52 bits per heavy atom. The molecule has 1 aliphatic heterocycles. The van der Waals surface area contributed by atoms with E-state index in [1.54, 1.807) is 5.01 Å². The molecule has 1 aromatic rings. The Labute approximate surface area is 244 Å². The van der Waals surface area contributed by atoms with Crippen molar-refractivity contribution in [1.82, 2.24) is 0 Å². The molecule has 2 atom stereocenters. The summed E-state index contributed by atoms with van der Waals surface area (Å²) in [6.07, 6.45) is 21.0. The summed E-state index contributed by atoms with van der Waals surface area (Å²) in [5, 5.41) is 17.4. The predicted molar refractivity (Wildman–Crippen MR) is 167 cm³/mol. The highest BCUT2D eigenvalue weighted by Gasteiger charge is 2.25. The maximum Gasteiger partial charge on any atom is 0.514 e. The summed E-state index contributed by atoms with van der Waals surface area (Å²) in [6, 6.07) is 5.93. The number of hydrogen-bond donors (Lipinski definition) is 1. The van der Waals surface area contributed by atoms with Crippen molar-refractivity contribution in [2.45, 2.75) is 149 Å². The van der Waals surface area contributed by atoms with Crippen LogP contribution in [0.4, 0.5) is 10.5 Å². The van der Waals surface area contributed by atoms with Crippen molar-refractivity contribution < 1.29 is 19.4 Å². The van der Waals surface area contributed by atoms with Gasteiger partial charge in [-0.3, -0.25) is 5.01 Å². The fraction of sp³-hybridized carbons (Fsp3) is 0.765. The molecule has 228 valence electrons. The number of para-hydroxylation sites is 1. The van der Waals surface area contributed by atoms with Crippen molar-refractivity contribution in [2.24, 2.45) is 11.0 Å². The van der Waals surface area contributed by atoms with E-state index in [1.807, 2.05) is 18.2 Å². The Kier molecular flexibility index (Phi) is 17.5. The smallest absolute Gasteiger partial charge is 0.505 e. The van der Waals surface area contributed by atoms with E-state index < -0.39 is 6.16 Å². The Morgan fingerprint density at radius 1 is 0.875 bits per heavy atom. The number of phenolic OH excluding ortho intramolecular Hbond substituents is 1. The Hall–Kier alpha value is -2.24. The van der Waals surface area contributed by atoms with E-state index in [2.05, 4.69) is 32.8 Å². The number of nitrogens with zero attached hydrogens (tertiary/aromatic N) is 2. The number of benzene rings is 1. The molecule has 0 spiro atoms. The zero-order valence-corrected chi connectivity index (χ0v) is 26.1. The molecule has 40 heavy (non-hydrogen) atoms. The van der Waals surface area contributed by atoms with Crippen LogP contribution < -0.4 is 5.01 Å². The summed E-state index contributed by atoms with van der Waals surface area (Å²) < 4.78 is 10.8. The first-order valence-corrected chi connectivity index (χ1v) is 16.5. The van der Waals surface area contributed by atoms with Gasteiger partial charge in [0.2, 0.25) is 5.90 Å². The highest BCUT2D eigenvalue weighted by atomic mass is 16.7. The van der Waals surface area contributed by atoms with Gasteiger partial charge in [0, 0.05) is 6.42 Å². The van der Waals surface area contributed by atoms with E-state index in [1.165, 1.54) is 70.6 Å². The van der Waals surface area contributed by atoms with E-state index in [0.29, 0.717) is 48.7 Å². The largest absolute Gasteiger partial charge is 0.514 e. The van der Waals surface area contributed by atoms with E-state index >= 15 is 0 Å². The third kappa shape index (κ3) is 12.5. The fourth-order valence-corrected chi connectivity index (χ4v) is 5.61. The first-order chi connectivity index (χ1) is 19.5.